The molecule has 110 valence electrons. The Morgan fingerprint density at radius 3 is 2.90 bits per heavy atom. The minimum atomic E-state index is 0.0519. The molecule has 2 rings (SSSR count). The first kappa shape index (κ1) is 15.4. The fraction of sp³-hybridized carbons (Fsp3) is 0.533. The summed E-state index contributed by atoms with van der Waals surface area (Å²) in [6.45, 7) is 4.24. The van der Waals surface area contributed by atoms with Gasteiger partial charge in [0.05, 0.1) is 12.2 Å². The molecule has 0 saturated carbocycles. The Morgan fingerprint density at radius 2 is 2.25 bits per heavy atom. The van der Waals surface area contributed by atoms with Gasteiger partial charge in [0, 0.05) is 17.5 Å². The molecule has 4 nitrogen and oxygen atoms in total. The second-order valence-corrected chi connectivity index (χ2v) is 6.21. The highest BCUT2D eigenvalue weighted by Gasteiger charge is 2.29. The molecule has 3 N–H and O–H groups in total. The molecular weight excluding hydrogens is 270 g/mol. The Bertz CT molecular complexity index is 466. The summed E-state index contributed by atoms with van der Waals surface area (Å²) in [6.07, 6.45) is 3.10. The molecule has 20 heavy (non-hydrogen) atoms. The molecule has 0 radical (unpaired) electrons. The van der Waals surface area contributed by atoms with Crippen LogP contribution in [-0.4, -0.2) is 42.7 Å². The third kappa shape index (κ3) is 3.75. The lowest BCUT2D eigenvalue weighted by molar-refractivity contribution is -0.117. The van der Waals surface area contributed by atoms with Crippen LogP contribution in [0.15, 0.2) is 29.2 Å². The molecule has 1 fully saturated rings. The molecule has 1 aromatic rings. The molecule has 0 aliphatic carbocycles. The molecule has 1 amide bonds. The summed E-state index contributed by atoms with van der Waals surface area (Å²) >= 11 is 1.64. The summed E-state index contributed by atoms with van der Waals surface area (Å²) in [7, 11) is 0. The van der Waals surface area contributed by atoms with E-state index in [1.165, 1.54) is 0 Å². The van der Waals surface area contributed by atoms with Crippen LogP contribution in [0, 0.1) is 5.92 Å². The van der Waals surface area contributed by atoms with Crippen molar-refractivity contribution < 1.29 is 4.79 Å². The average molecular weight is 293 g/mol. The summed E-state index contributed by atoms with van der Waals surface area (Å²) in [4.78, 5) is 15.5. The van der Waals surface area contributed by atoms with Crippen LogP contribution in [-0.2, 0) is 4.79 Å². The van der Waals surface area contributed by atoms with Crippen LogP contribution in [0.2, 0.25) is 0 Å². The van der Waals surface area contributed by atoms with E-state index < -0.39 is 0 Å². The van der Waals surface area contributed by atoms with E-state index >= 15 is 0 Å². The number of carbonyl (C=O) groups is 1. The zero-order valence-electron chi connectivity index (χ0n) is 12.1. The molecule has 0 spiro atoms. The number of likely N-dealkylation sites (tertiary alicyclic amines) is 1. The first-order valence-electron chi connectivity index (χ1n) is 7.01. The molecule has 1 saturated heterocycles. The number of anilines is 1. The molecule has 0 aromatic heterocycles. The third-order valence-corrected chi connectivity index (χ3v) is 4.65. The topological polar surface area (TPSA) is 58.4 Å². The fourth-order valence-electron chi connectivity index (χ4n) is 2.73. The van der Waals surface area contributed by atoms with Gasteiger partial charge in [-0.15, -0.1) is 11.8 Å². The number of hydrogen-bond acceptors (Lipinski definition) is 4. The highest BCUT2D eigenvalue weighted by atomic mass is 32.2. The molecule has 2 atom stereocenters. The Kier molecular flexibility index (Phi) is 5.46. The van der Waals surface area contributed by atoms with E-state index in [2.05, 4.69) is 17.1 Å². The standard InChI is InChI=1S/C15H23N3OS/c1-11-7-12(8-16)9-18(11)10-15(19)17-13-5-3-4-6-14(13)20-2/h3-6,11-12H,7-10,16H2,1-2H3,(H,17,19). The van der Waals surface area contributed by atoms with Crippen LogP contribution >= 0.6 is 11.8 Å². The number of nitrogens with one attached hydrogen (secondary N) is 1. The number of para-hydroxylation sites is 1. The lowest BCUT2D eigenvalue weighted by atomic mass is 10.1. The van der Waals surface area contributed by atoms with E-state index in [0.29, 0.717) is 25.0 Å². The molecular formula is C15H23N3OS. The Morgan fingerprint density at radius 1 is 1.50 bits per heavy atom. The van der Waals surface area contributed by atoms with E-state index in [-0.39, 0.29) is 5.91 Å². The zero-order chi connectivity index (χ0) is 14.5. The van der Waals surface area contributed by atoms with Crippen molar-refractivity contribution in [1.29, 1.82) is 0 Å². The fourth-order valence-corrected chi connectivity index (χ4v) is 3.28. The van der Waals surface area contributed by atoms with Crippen LogP contribution in [0.5, 0.6) is 0 Å². The van der Waals surface area contributed by atoms with Crippen LogP contribution in [0.4, 0.5) is 5.69 Å². The van der Waals surface area contributed by atoms with Crippen molar-refractivity contribution in [2.45, 2.75) is 24.3 Å². The maximum atomic E-state index is 12.2. The first-order valence-corrected chi connectivity index (χ1v) is 8.23. The molecule has 0 bridgehead atoms. The molecule has 1 aromatic carbocycles. The van der Waals surface area contributed by atoms with Crippen LogP contribution in [0.25, 0.3) is 0 Å². The lowest BCUT2D eigenvalue weighted by Gasteiger charge is -2.20. The second kappa shape index (κ2) is 7.11. The van der Waals surface area contributed by atoms with Gasteiger partial charge in [0.15, 0.2) is 0 Å². The maximum Gasteiger partial charge on any atom is 0.238 e. The van der Waals surface area contributed by atoms with Gasteiger partial charge in [-0.3, -0.25) is 9.69 Å². The van der Waals surface area contributed by atoms with Gasteiger partial charge >= 0.3 is 0 Å². The van der Waals surface area contributed by atoms with Gasteiger partial charge in [0.25, 0.3) is 0 Å². The van der Waals surface area contributed by atoms with Crippen molar-refractivity contribution in [2.24, 2.45) is 11.7 Å². The number of benzene rings is 1. The van der Waals surface area contributed by atoms with Crippen molar-refractivity contribution in [3.8, 4) is 0 Å². The highest BCUT2D eigenvalue weighted by Crippen LogP contribution is 2.25. The highest BCUT2D eigenvalue weighted by molar-refractivity contribution is 7.98. The van der Waals surface area contributed by atoms with Crippen molar-refractivity contribution in [2.75, 3.05) is 31.2 Å². The van der Waals surface area contributed by atoms with Gasteiger partial charge < -0.3 is 11.1 Å². The SMILES string of the molecule is CSc1ccccc1NC(=O)CN1CC(CN)CC1C. The van der Waals surface area contributed by atoms with E-state index in [1.54, 1.807) is 11.8 Å². The minimum absolute atomic E-state index is 0.0519. The number of nitrogens with zero attached hydrogens (tertiary/aromatic N) is 1. The van der Waals surface area contributed by atoms with E-state index in [4.69, 9.17) is 5.73 Å². The van der Waals surface area contributed by atoms with Crippen molar-refractivity contribution in [3.05, 3.63) is 24.3 Å². The number of rotatable bonds is 5. The average Bonchev–Trinajstić information content (AvgIpc) is 2.80. The minimum Gasteiger partial charge on any atom is -0.330 e. The Hall–Kier alpha value is -1.04. The molecule has 1 heterocycles. The number of thioether (sulfide) groups is 1. The summed E-state index contributed by atoms with van der Waals surface area (Å²) in [5.74, 6) is 0.576. The number of carbonyl (C=O) groups excluding carboxylic acids is 1. The predicted molar refractivity (Wildman–Crippen MR) is 85.0 cm³/mol. The Labute approximate surface area is 125 Å². The molecule has 1 aliphatic rings. The van der Waals surface area contributed by atoms with Gasteiger partial charge in [0.2, 0.25) is 5.91 Å². The molecule has 1 aliphatic heterocycles. The largest absolute Gasteiger partial charge is 0.330 e. The predicted octanol–water partition coefficient (Wildman–Crippen LogP) is 2.02. The molecule has 5 heteroatoms. The maximum absolute atomic E-state index is 12.2. The van der Waals surface area contributed by atoms with Crippen LogP contribution in [0.1, 0.15) is 13.3 Å². The summed E-state index contributed by atoms with van der Waals surface area (Å²) in [5.41, 5.74) is 6.62. The van der Waals surface area contributed by atoms with E-state index in [9.17, 15) is 4.79 Å². The second-order valence-electron chi connectivity index (χ2n) is 5.36. The van der Waals surface area contributed by atoms with Gasteiger partial charge in [-0.05, 0) is 44.2 Å². The summed E-state index contributed by atoms with van der Waals surface area (Å²) < 4.78 is 0. The summed E-state index contributed by atoms with van der Waals surface area (Å²) in [5, 5.41) is 3.01. The molecule has 2 unspecified atom stereocenters. The number of hydrogen-bond donors (Lipinski definition) is 2. The Balaban J connectivity index is 1.93. The van der Waals surface area contributed by atoms with Gasteiger partial charge in [-0.25, -0.2) is 0 Å². The third-order valence-electron chi connectivity index (χ3n) is 3.85. The van der Waals surface area contributed by atoms with Crippen molar-refractivity contribution >= 4 is 23.4 Å². The lowest BCUT2D eigenvalue weighted by Crippen LogP contribution is -2.36. The smallest absolute Gasteiger partial charge is 0.238 e. The number of nitrogens with two attached hydrogens (primary N) is 1. The number of amides is 1. The van der Waals surface area contributed by atoms with Gasteiger partial charge in [0.1, 0.15) is 0 Å². The summed E-state index contributed by atoms with van der Waals surface area (Å²) in [6, 6.07) is 8.32. The quantitative estimate of drug-likeness (QED) is 0.816. The van der Waals surface area contributed by atoms with Crippen molar-refractivity contribution in [1.82, 2.24) is 4.90 Å². The van der Waals surface area contributed by atoms with Crippen LogP contribution < -0.4 is 11.1 Å². The van der Waals surface area contributed by atoms with Crippen LogP contribution in [0.3, 0.4) is 0 Å². The van der Waals surface area contributed by atoms with E-state index in [1.807, 2.05) is 30.5 Å². The van der Waals surface area contributed by atoms with Gasteiger partial charge in [-0.1, -0.05) is 12.1 Å². The monoisotopic (exact) mass is 293 g/mol. The zero-order valence-corrected chi connectivity index (χ0v) is 13.0. The van der Waals surface area contributed by atoms with Crippen molar-refractivity contribution in [3.63, 3.8) is 0 Å². The normalized spacial score (nSPS) is 22.9. The first-order chi connectivity index (χ1) is 9.63. The van der Waals surface area contributed by atoms with E-state index in [0.717, 1.165) is 23.5 Å². The van der Waals surface area contributed by atoms with Gasteiger partial charge in [-0.2, -0.15) is 0 Å².